The quantitative estimate of drug-likeness (QED) is 0.362. The van der Waals surface area contributed by atoms with E-state index in [2.05, 4.69) is 15.4 Å². The fourth-order valence-electron chi connectivity index (χ4n) is 3.62. The number of nitrogens with one attached hydrogen (secondary N) is 1. The predicted octanol–water partition coefficient (Wildman–Crippen LogP) is 5.26. The van der Waals surface area contributed by atoms with Crippen LogP contribution in [-0.4, -0.2) is 26.8 Å². The Morgan fingerprint density at radius 3 is 2.55 bits per heavy atom. The van der Waals surface area contributed by atoms with Crippen LogP contribution in [0.1, 0.15) is 21.5 Å². The highest BCUT2D eigenvalue weighted by Crippen LogP contribution is 2.29. The molecule has 2 heterocycles. The third-order valence-corrected chi connectivity index (χ3v) is 5.38. The van der Waals surface area contributed by atoms with Crippen LogP contribution in [0.25, 0.3) is 22.2 Å². The summed E-state index contributed by atoms with van der Waals surface area (Å²) in [5.41, 5.74) is 11.2. The maximum absolute atomic E-state index is 13.3. The van der Waals surface area contributed by atoms with Crippen LogP contribution >= 0.6 is 11.6 Å². The van der Waals surface area contributed by atoms with Gasteiger partial charge in [-0.25, -0.2) is 9.97 Å². The highest BCUT2D eigenvalue weighted by molar-refractivity contribution is 6.30. The van der Waals surface area contributed by atoms with Crippen molar-refractivity contribution in [1.82, 2.24) is 14.6 Å². The van der Waals surface area contributed by atoms with Gasteiger partial charge in [-0.05, 0) is 54.4 Å². The number of aromatic nitrogens is 3. The molecular weight excluding hydrogens is 436 g/mol. The number of carbonyl (C=O) groups excluding carboxylic acids is 1. The van der Waals surface area contributed by atoms with Gasteiger partial charge in [-0.2, -0.15) is 9.78 Å². The molecule has 0 radical (unpaired) electrons. The molecule has 3 aromatic carbocycles. The Bertz CT molecular complexity index is 1560. The van der Waals surface area contributed by atoms with Crippen LogP contribution in [0.5, 0.6) is 0 Å². The van der Waals surface area contributed by atoms with Gasteiger partial charge in [0.15, 0.2) is 5.65 Å². The number of hydrogen-bond donors (Lipinski definition) is 2. The summed E-state index contributed by atoms with van der Waals surface area (Å²) in [7, 11) is 0. The van der Waals surface area contributed by atoms with Gasteiger partial charge in [-0.15, -0.1) is 0 Å². The molecule has 0 saturated carbocycles. The van der Waals surface area contributed by atoms with Crippen molar-refractivity contribution < 1.29 is 4.79 Å². The molecule has 0 fully saturated rings. The van der Waals surface area contributed by atoms with Crippen LogP contribution in [0.3, 0.4) is 0 Å². The zero-order valence-electron chi connectivity index (χ0n) is 17.7. The van der Waals surface area contributed by atoms with Crippen molar-refractivity contribution in [3.63, 3.8) is 0 Å². The van der Waals surface area contributed by atoms with Crippen LogP contribution in [0.2, 0.25) is 5.02 Å². The number of carbonyl (C=O) groups is 1. The van der Waals surface area contributed by atoms with Crippen molar-refractivity contribution in [2.45, 2.75) is 6.92 Å². The number of nitrogen functional groups attached to an aromatic ring is 1. The van der Waals surface area contributed by atoms with Gasteiger partial charge in [0.05, 0.1) is 17.2 Å². The van der Waals surface area contributed by atoms with E-state index in [0.29, 0.717) is 32.9 Å². The molecule has 0 atom stereocenters. The van der Waals surface area contributed by atoms with Gasteiger partial charge in [-0.1, -0.05) is 48.0 Å². The fourth-order valence-corrected chi connectivity index (χ4v) is 3.81. The average molecular weight is 455 g/mol. The van der Waals surface area contributed by atoms with E-state index in [-0.39, 0.29) is 17.3 Å². The summed E-state index contributed by atoms with van der Waals surface area (Å²) >= 11 is 6.08. The second-order valence-electron chi connectivity index (χ2n) is 7.58. The first-order valence-corrected chi connectivity index (χ1v) is 10.6. The predicted molar refractivity (Wildman–Crippen MR) is 133 cm³/mol. The molecule has 0 aliphatic heterocycles. The van der Waals surface area contributed by atoms with E-state index in [1.54, 1.807) is 18.3 Å². The van der Waals surface area contributed by atoms with Gasteiger partial charge in [-0.3, -0.25) is 4.79 Å². The van der Waals surface area contributed by atoms with Gasteiger partial charge in [0.1, 0.15) is 16.9 Å². The summed E-state index contributed by atoms with van der Waals surface area (Å²) in [6.07, 6.45) is 1.61. The molecule has 3 N–H and O–H groups in total. The number of hydrogen-bond acceptors (Lipinski definition) is 5. The lowest BCUT2D eigenvalue weighted by Gasteiger charge is -2.06. The largest absolute Gasteiger partial charge is 0.383 e. The van der Waals surface area contributed by atoms with Gasteiger partial charge >= 0.3 is 0 Å². The number of benzene rings is 3. The Hall–Kier alpha value is -4.23. The molecule has 1 amide bonds. The van der Waals surface area contributed by atoms with Crippen LogP contribution in [0.4, 0.5) is 11.5 Å². The maximum atomic E-state index is 13.3. The van der Waals surface area contributed by atoms with Crippen molar-refractivity contribution in [3.05, 3.63) is 94.5 Å². The minimum atomic E-state index is -0.385. The van der Waals surface area contributed by atoms with E-state index in [1.807, 2.05) is 67.6 Å². The summed E-state index contributed by atoms with van der Waals surface area (Å²) in [5.74, 6) is -0.242. The number of halogens is 1. The van der Waals surface area contributed by atoms with Gasteiger partial charge < -0.3 is 11.1 Å². The summed E-state index contributed by atoms with van der Waals surface area (Å²) in [6.45, 7) is 1.96. The smallest absolute Gasteiger partial charge is 0.261 e. The lowest BCUT2D eigenvalue weighted by atomic mass is 10.2. The molecule has 0 aliphatic carbocycles. The first-order chi connectivity index (χ1) is 16.0. The Balaban J connectivity index is 1.67. The Morgan fingerprint density at radius 1 is 1.03 bits per heavy atom. The Labute approximate surface area is 194 Å². The second-order valence-corrected chi connectivity index (χ2v) is 8.02. The molecule has 8 heteroatoms. The molecule has 0 aliphatic rings. The first-order valence-electron chi connectivity index (χ1n) is 10.2. The number of amides is 1. The minimum absolute atomic E-state index is 0.142. The monoisotopic (exact) mass is 454 g/mol. The van der Waals surface area contributed by atoms with E-state index in [9.17, 15) is 4.79 Å². The van der Waals surface area contributed by atoms with Crippen molar-refractivity contribution in [2.75, 3.05) is 11.1 Å². The van der Waals surface area contributed by atoms with Crippen LogP contribution < -0.4 is 11.1 Å². The van der Waals surface area contributed by atoms with Gasteiger partial charge in [0, 0.05) is 10.7 Å². The van der Waals surface area contributed by atoms with Crippen molar-refractivity contribution >= 4 is 57.4 Å². The van der Waals surface area contributed by atoms with Crippen LogP contribution in [0.15, 0.2) is 77.9 Å². The summed E-state index contributed by atoms with van der Waals surface area (Å²) in [4.78, 5) is 22.7. The van der Waals surface area contributed by atoms with Gasteiger partial charge in [0.2, 0.25) is 0 Å². The highest BCUT2D eigenvalue weighted by atomic mass is 35.5. The molecule has 162 valence electrons. The number of fused-ring (bicyclic) bond motifs is 2. The molecule has 5 rings (SSSR count). The van der Waals surface area contributed by atoms with Crippen LogP contribution in [-0.2, 0) is 0 Å². The summed E-state index contributed by atoms with van der Waals surface area (Å²) in [6, 6.07) is 22.2. The lowest BCUT2D eigenvalue weighted by Crippen LogP contribution is -2.14. The Kier molecular flexibility index (Phi) is 5.24. The summed E-state index contributed by atoms with van der Waals surface area (Å²) in [5, 5.41) is 8.00. The molecule has 0 spiro atoms. The molecule has 5 aromatic rings. The summed E-state index contributed by atoms with van der Waals surface area (Å²) < 4.78 is 1.43. The van der Waals surface area contributed by atoms with E-state index >= 15 is 0 Å². The van der Waals surface area contributed by atoms with Crippen molar-refractivity contribution in [2.24, 2.45) is 5.10 Å². The number of rotatable bonds is 4. The number of anilines is 2. The lowest BCUT2D eigenvalue weighted by molar-refractivity contribution is 0.102. The van der Waals surface area contributed by atoms with E-state index in [1.165, 1.54) is 4.68 Å². The SMILES string of the molecule is Cc1cccc(NC(=O)c2c(N)n(/N=C/c3cccc(Cl)c3)c3nc4ccccc4nc23)c1. The first kappa shape index (κ1) is 20.7. The zero-order valence-corrected chi connectivity index (χ0v) is 18.4. The second kappa shape index (κ2) is 8.37. The van der Waals surface area contributed by atoms with Crippen LogP contribution in [0, 0.1) is 6.92 Å². The Morgan fingerprint density at radius 2 is 1.79 bits per heavy atom. The molecule has 0 bridgehead atoms. The number of para-hydroxylation sites is 2. The number of nitrogens with zero attached hydrogens (tertiary/aromatic N) is 4. The fraction of sp³-hybridized carbons (Fsp3) is 0.0400. The molecule has 0 unspecified atom stereocenters. The van der Waals surface area contributed by atoms with Crippen molar-refractivity contribution in [3.8, 4) is 0 Å². The maximum Gasteiger partial charge on any atom is 0.261 e. The number of aryl methyl sites for hydroxylation is 1. The topological polar surface area (TPSA) is 98.2 Å². The minimum Gasteiger partial charge on any atom is -0.383 e. The van der Waals surface area contributed by atoms with E-state index in [0.717, 1.165) is 11.1 Å². The third kappa shape index (κ3) is 4.02. The molecule has 2 aromatic heterocycles. The van der Waals surface area contributed by atoms with E-state index < -0.39 is 0 Å². The highest BCUT2D eigenvalue weighted by Gasteiger charge is 2.24. The molecule has 0 saturated heterocycles. The molecular formula is C25H19ClN6O. The average Bonchev–Trinajstić information content (AvgIpc) is 3.06. The van der Waals surface area contributed by atoms with Crippen molar-refractivity contribution in [1.29, 1.82) is 0 Å². The molecule has 33 heavy (non-hydrogen) atoms. The molecule has 7 nitrogen and oxygen atoms in total. The zero-order chi connectivity index (χ0) is 22.9. The van der Waals surface area contributed by atoms with Gasteiger partial charge in [0.25, 0.3) is 5.91 Å². The van der Waals surface area contributed by atoms with E-state index in [4.69, 9.17) is 22.3 Å². The normalized spacial score (nSPS) is 11.5. The third-order valence-electron chi connectivity index (χ3n) is 5.15. The number of nitrogens with two attached hydrogens (primary N) is 1. The standard InChI is InChI=1S/C25H19ClN6O/c1-15-6-4-9-18(12-15)29-25(33)21-22-24(31-20-11-3-2-10-19(20)30-22)32(23(21)27)28-14-16-7-5-8-17(26)13-16/h2-14H,27H2,1H3,(H,29,33)/b28-14+.